The van der Waals surface area contributed by atoms with E-state index in [2.05, 4.69) is 20.8 Å². The molecule has 0 spiro atoms. The van der Waals surface area contributed by atoms with E-state index >= 15 is 0 Å². The summed E-state index contributed by atoms with van der Waals surface area (Å²) >= 11 is 1.03. The molecule has 2 atom stereocenters. The van der Waals surface area contributed by atoms with Crippen LogP contribution >= 0.6 is 11.3 Å². The minimum absolute atomic E-state index is 0.173. The van der Waals surface area contributed by atoms with Gasteiger partial charge in [0.2, 0.25) is 16.9 Å². The third-order valence-corrected chi connectivity index (χ3v) is 4.55. The van der Waals surface area contributed by atoms with Crippen molar-refractivity contribution in [1.82, 2.24) is 15.5 Å². The Morgan fingerprint density at radius 2 is 1.89 bits per heavy atom. The maximum absolute atomic E-state index is 13.2. The van der Waals surface area contributed by atoms with Gasteiger partial charge in [0.15, 0.2) is 0 Å². The molecule has 1 aromatic heterocycles. The van der Waals surface area contributed by atoms with Gasteiger partial charge in [-0.15, -0.1) is 10.2 Å². The predicted octanol–water partition coefficient (Wildman–Crippen LogP) is 2.34. The number of nitrogens with one attached hydrogen (secondary N) is 2. The Hall–Kier alpha value is -2.46. The van der Waals surface area contributed by atoms with Crippen LogP contribution in [-0.2, 0) is 16.0 Å². The summed E-state index contributed by atoms with van der Waals surface area (Å²) in [5.74, 6) is -2.56. The minimum atomic E-state index is -0.834. The average molecular weight is 398 g/mol. The standard InChI is InChI=1S/C17H20F2N4O3S/c1-3-4-13(15(26)21-17-23-22-16(27-17)9(2)24)20-14(25)7-10-5-11(18)8-12(19)6-10/h5-6,8-9,13,24H,3-4,7H2,1-2H3,(H,20,25)(H,21,23,26). The van der Waals surface area contributed by atoms with Crippen LogP contribution in [-0.4, -0.2) is 33.2 Å². The zero-order chi connectivity index (χ0) is 20.0. The van der Waals surface area contributed by atoms with E-state index in [0.717, 1.165) is 29.5 Å². The number of carbonyl (C=O) groups is 2. The first-order valence-electron chi connectivity index (χ1n) is 8.35. The van der Waals surface area contributed by atoms with Gasteiger partial charge < -0.3 is 10.4 Å². The van der Waals surface area contributed by atoms with Crippen LogP contribution in [0.2, 0.25) is 0 Å². The lowest BCUT2D eigenvalue weighted by molar-refractivity contribution is -0.126. The second-order valence-corrected chi connectivity index (χ2v) is 6.98. The number of nitrogens with zero attached hydrogens (tertiary/aromatic N) is 2. The van der Waals surface area contributed by atoms with E-state index in [9.17, 15) is 23.5 Å². The second-order valence-electron chi connectivity index (χ2n) is 5.97. The monoisotopic (exact) mass is 398 g/mol. The number of rotatable bonds is 8. The molecule has 10 heteroatoms. The fraction of sp³-hybridized carbons (Fsp3) is 0.412. The quantitative estimate of drug-likeness (QED) is 0.633. The van der Waals surface area contributed by atoms with Crippen LogP contribution in [0.25, 0.3) is 0 Å². The summed E-state index contributed by atoms with van der Waals surface area (Å²) in [6, 6.07) is 2.02. The van der Waals surface area contributed by atoms with Gasteiger partial charge in [0, 0.05) is 6.07 Å². The van der Waals surface area contributed by atoms with E-state index in [0.29, 0.717) is 17.8 Å². The number of amides is 2. The molecule has 2 unspecified atom stereocenters. The van der Waals surface area contributed by atoms with E-state index in [1.807, 2.05) is 6.92 Å². The molecule has 0 bridgehead atoms. The van der Waals surface area contributed by atoms with Gasteiger partial charge in [-0.1, -0.05) is 24.7 Å². The van der Waals surface area contributed by atoms with Gasteiger partial charge in [0.05, 0.1) is 6.42 Å². The molecule has 1 heterocycles. The van der Waals surface area contributed by atoms with Crippen LogP contribution in [0.5, 0.6) is 0 Å². The lowest BCUT2D eigenvalue weighted by atomic mass is 10.1. The van der Waals surface area contributed by atoms with Crippen LogP contribution in [0.1, 0.15) is 43.4 Å². The van der Waals surface area contributed by atoms with Crippen molar-refractivity contribution in [3.8, 4) is 0 Å². The van der Waals surface area contributed by atoms with Crippen molar-refractivity contribution in [1.29, 1.82) is 0 Å². The molecule has 0 aliphatic heterocycles. The zero-order valence-corrected chi connectivity index (χ0v) is 15.6. The Morgan fingerprint density at radius 1 is 1.22 bits per heavy atom. The van der Waals surface area contributed by atoms with Gasteiger partial charge in [0.1, 0.15) is 28.8 Å². The summed E-state index contributed by atoms with van der Waals surface area (Å²) < 4.78 is 26.5. The van der Waals surface area contributed by atoms with E-state index < -0.39 is 35.6 Å². The van der Waals surface area contributed by atoms with Crippen molar-refractivity contribution < 1.29 is 23.5 Å². The maximum atomic E-state index is 13.2. The molecule has 27 heavy (non-hydrogen) atoms. The highest BCUT2D eigenvalue weighted by Crippen LogP contribution is 2.21. The van der Waals surface area contributed by atoms with E-state index in [1.54, 1.807) is 0 Å². The van der Waals surface area contributed by atoms with Crippen molar-refractivity contribution in [2.24, 2.45) is 0 Å². The van der Waals surface area contributed by atoms with Gasteiger partial charge in [-0.25, -0.2) is 8.78 Å². The molecule has 0 radical (unpaired) electrons. The first-order valence-corrected chi connectivity index (χ1v) is 9.16. The van der Waals surface area contributed by atoms with Gasteiger partial charge in [0.25, 0.3) is 0 Å². The molecule has 0 saturated carbocycles. The molecule has 1 aromatic carbocycles. The number of benzene rings is 1. The highest BCUT2D eigenvalue weighted by molar-refractivity contribution is 7.15. The van der Waals surface area contributed by atoms with E-state index in [-0.39, 0.29) is 17.1 Å². The molecule has 0 saturated heterocycles. The smallest absolute Gasteiger partial charge is 0.248 e. The van der Waals surface area contributed by atoms with Gasteiger partial charge in [-0.05, 0) is 31.0 Å². The van der Waals surface area contributed by atoms with Crippen LogP contribution in [0.4, 0.5) is 13.9 Å². The number of halogens is 2. The van der Waals surface area contributed by atoms with Crippen LogP contribution in [0.3, 0.4) is 0 Å². The number of anilines is 1. The molecular formula is C17H20F2N4O3S. The lowest BCUT2D eigenvalue weighted by Gasteiger charge is -2.17. The molecule has 7 nitrogen and oxygen atoms in total. The van der Waals surface area contributed by atoms with Gasteiger partial charge >= 0.3 is 0 Å². The highest BCUT2D eigenvalue weighted by Gasteiger charge is 2.22. The predicted molar refractivity (Wildman–Crippen MR) is 96.1 cm³/mol. The summed E-state index contributed by atoms with van der Waals surface area (Å²) in [7, 11) is 0. The number of aromatic nitrogens is 2. The maximum Gasteiger partial charge on any atom is 0.248 e. The zero-order valence-electron chi connectivity index (χ0n) is 14.8. The Morgan fingerprint density at radius 3 is 2.44 bits per heavy atom. The van der Waals surface area contributed by atoms with Gasteiger partial charge in [-0.3, -0.25) is 14.9 Å². The van der Waals surface area contributed by atoms with Crippen molar-refractivity contribution in [2.75, 3.05) is 5.32 Å². The first kappa shape index (κ1) is 20.8. The lowest BCUT2D eigenvalue weighted by Crippen LogP contribution is -2.44. The molecular weight excluding hydrogens is 378 g/mol. The summed E-state index contributed by atoms with van der Waals surface area (Å²) in [6.45, 7) is 3.38. The third kappa shape index (κ3) is 6.33. The Balaban J connectivity index is 2.00. The molecule has 146 valence electrons. The molecule has 2 rings (SSSR count). The average Bonchev–Trinajstić information content (AvgIpc) is 3.02. The number of hydrogen-bond donors (Lipinski definition) is 3. The highest BCUT2D eigenvalue weighted by atomic mass is 32.1. The van der Waals surface area contributed by atoms with E-state index in [1.165, 1.54) is 6.92 Å². The van der Waals surface area contributed by atoms with Crippen molar-refractivity contribution in [3.63, 3.8) is 0 Å². The van der Waals surface area contributed by atoms with Crippen molar-refractivity contribution >= 4 is 28.3 Å². The molecule has 0 aliphatic rings. The molecule has 0 fully saturated rings. The van der Waals surface area contributed by atoms with Crippen LogP contribution < -0.4 is 10.6 Å². The summed E-state index contributed by atoms with van der Waals surface area (Å²) in [5.41, 5.74) is 0.173. The van der Waals surface area contributed by atoms with Crippen LogP contribution in [0.15, 0.2) is 18.2 Å². The summed E-state index contributed by atoms with van der Waals surface area (Å²) in [5, 5.41) is 22.6. The minimum Gasteiger partial charge on any atom is -0.386 e. The SMILES string of the molecule is CCCC(NC(=O)Cc1cc(F)cc(F)c1)C(=O)Nc1nnc(C(C)O)s1. The summed E-state index contributed by atoms with van der Waals surface area (Å²) in [4.78, 5) is 24.6. The number of carbonyl (C=O) groups excluding carboxylic acids is 2. The van der Waals surface area contributed by atoms with E-state index in [4.69, 9.17) is 0 Å². The number of aliphatic hydroxyl groups excluding tert-OH is 1. The fourth-order valence-electron chi connectivity index (χ4n) is 2.35. The largest absolute Gasteiger partial charge is 0.386 e. The Labute approximate surface area is 158 Å². The van der Waals surface area contributed by atoms with Crippen molar-refractivity contribution in [2.45, 2.75) is 45.3 Å². The Bertz CT molecular complexity index is 793. The number of aliphatic hydroxyl groups is 1. The molecule has 2 aromatic rings. The molecule has 3 N–H and O–H groups in total. The van der Waals surface area contributed by atoms with Crippen LogP contribution in [0, 0.1) is 11.6 Å². The number of hydrogen-bond acceptors (Lipinski definition) is 6. The Kier molecular flexibility index (Phi) is 7.31. The molecule has 2 amide bonds. The topological polar surface area (TPSA) is 104 Å². The molecule has 0 aliphatic carbocycles. The second kappa shape index (κ2) is 9.47. The summed E-state index contributed by atoms with van der Waals surface area (Å²) in [6.07, 6.45) is -0.0577. The third-order valence-electron chi connectivity index (χ3n) is 3.54. The normalized spacial score (nSPS) is 13.1. The first-order chi connectivity index (χ1) is 12.8. The fourth-order valence-corrected chi connectivity index (χ4v) is 3.03. The van der Waals surface area contributed by atoms with Crippen molar-refractivity contribution in [3.05, 3.63) is 40.4 Å². The van der Waals surface area contributed by atoms with Gasteiger partial charge in [-0.2, -0.15) is 0 Å².